The Labute approximate surface area is 540 Å². The highest BCUT2D eigenvalue weighted by Gasteiger charge is 2.61. The maximum absolute atomic E-state index is 14.8. The van der Waals surface area contributed by atoms with Crippen LogP contribution in [-0.2, 0) is 90.1 Å². The molecule has 6 aliphatic heterocycles. The number of aliphatic hydroxyl groups is 2. The number of esters is 5. The highest BCUT2D eigenvalue weighted by molar-refractivity contribution is 5.91. The second kappa shape index (κ2) is 30.7. The van der Waals surface area contributed by atoms with E-state index in [9.17, 15) is 34.2 Å². The topological polar surface area (TPSA) is 301 Å². The van der Waals surface area contributed by atoms with Gasteiger partial charge in [0.1, 0.15) is 54.2 Å². The molecule has 502 valence electrons. The lowest BCUT2D eigenvalue weighted by atomic mass is 9.89. The number of rotatable bonds is 21. The molecule has 6 saturated heterocycles. The first-order valence-corrected chi connectivity index (χ1v) is 30.5. The lowest BCUT2D eigenvalue weighted by molar-refractivity contribution is -0.402. The molecular formula is C68H74O26. The zero-order chi connectivity index (χ0) is 66.2. The second-order valence-corrected chi connectivity index (χ2v) is 22.9. The first-order chi connectivity index (χ1) is 45.6. The molecule has 26 nitrogen and oxygen atoms in total. The summed E-state index contributed by atoms with van der Waals surface area (Å²) in [5.41, 5.74) is 1.31. The molecule has 5 aromatic carbocycles. The van der Waals surface area contributed by atoms with Gasteiger partial charge in [-0.15, -0.1) is 6.58 Å². The molecule has 2 N–H and O–H groups in total. The molecule has 11 rings (SSSR count). The largest absolute Gasteiger partial charge is 0.497 e. The van der Waals surface area contributed by atoms with Crippen molar-refractivity contribution in [3.05, 3.63) is 180 Å². The van der Waals surface area contributed by atoms with Gasteiger partial charge in [0.2, 0.25) is 0 Å². The van der Waals surface area contributed by atoms with E-state index in [2.05, 4.69) is 6.58 Å². The summed E-state index contributed by atoms with van der Waals surface area (Å²) < 4.78 is 119. The average Bonchev–Trinajstić information content (AvgIpc) is 0.774. The number of carbonyl (C=O) groups excluding carboxylic acids is 5. The Morgan fingerprint density at radius 3 is 1.32 bits per heavy atom. The van der Waals surface area contributed by atoms with Gasteiger partial charge in [0.05, 0.1) is 77.2 Å². The van der Waals surface area contributed by atoms with Gasteiger partial charge in [-0.05, 0) is 60.7 Å². The first kappa shape index (κ1) is 67.6. The van der Waals surface area contributed by atoms with Crippen molar-refractivity contribution in [1.82, 2.24) is 0 Å². The number of hydrogen-bond donors (Lipinski definition) is 2. The third kappa shape index (κ3) is 14.8. The second-order valence-electron chi connectivity index (χ2n) is 22.9. The average molecular weight is 1310 g/mol. The summed E-state index contributed by atoms with van der Waals surface area (Å²) in [5, 5.41) is 23.2. The number of methoxy groups -OCH3 is 4. The number of carbonyl (C=O) groups is 5. The summed E-state index contributed by atoms with van der Waals surface area (Å²) in [4.78, 5) is 71.5. The maximum Gasteiger partial charge on any atom is 0.338 e. The van der Waals surface area contributed by atoms with E-state index in [4.69, 9.17) is 90.0 Å². The van der Waals surface area contributed by atoms with E-state index in [1.807, 2.05) is 0 Å². The van der Waals surface area contributed by atoms with Crippen molar-refractivity contribution in [2.24, 2.45) is 11.8 Å². The first-order valence-electron chi connectivity index (χ1n) is 30.5. The SMILES string of the molecule is C=CCO[C@@H]1OC2COC(c3ccc(OC)cc3)O[C@@H]2[C@H](O[C@@H]2OC(C(=O)OC)[C@@H](O[C@@H]3OC4COC(c5ccc(OC)cc5)O[C@@H]4[C@H](O[C@@H]4OC(C(=O)OC)[C@@H](O)[C@H](O)C4OC(=O)c4ccccc4)C3C)[C@H](OC(=O)c3ccccc3)C2OC(=O)c2ccccc2)C1C. The Kier molecular flexibility index (Phi) is 22.1. The van der Waals surface area contributed by atoms with Crippen LogP contribution in [0.15, 0.2) is 152 Å². The molecule has 0 spiro atoms. The van der Waals surface area contributed by atoms with Crippen LogP contribution in [0.1, 0.15) is 68.6 Å². The van der Waals surface area contributed by atoms with E-state index in [1.165, 1.54) is 43.5 Å². The molecule has 0 aliphatic carbocycles. The molecule has 5 aromatic rings. The van der Waals surface area contributed by atoms with Gasteiger partial charge in [-0.1, -0.05) is 98.8 Å². The molecule has 0 amide bonds. The fourth-order valence-corrected chi connectivity index (χ4v) is 12.0. The molecule has 0 radical (unpaired) electrons. The minimum Gasteiger partial charge on any atom is -0.497 e. The van der Waals surface area contributed by atoms with Crippen LogP contribution >= 0.6 is 0 Å². The molecular weight excluding hydrogens is 1230 g/mol. The van der Waals surface area contributed by atoms with Gasteiger partial charge in [-0.25, -0.2) is 24.0 Å². The molecule has 0 bridgehead atoms. The molecule has 0 saturated carbocycles. The van der Waals surface area contributed by atoms with Crippen molar-refractivity contribution in [2.45, 2.75) is 137 Å². The van der Waals surface area contributed by atoms with Gasteiger partial charge >= 0.3 is 29.8 Å². The number of hydrogen-bond acceptors (Lipinski definition) is 26. The van der Waals surface area contributed by atoms with Crippen molar-refractivity contribution in [2.75, 3.05) is 48.3 Å². The van der Waals surface area contributed by atoms with Gasteiger partial charge in [0, 0.05) is 23.0 Å². The summed E-state index contributed by atoms with van der Waals surface area (Å²) in [6.07, 6.45) is -28.9. The lowest BCUT2D eigenvalue weighted by Gasteiger charge is -2.52. The summed E-state index contributed by atoms with van der Waals surface area (Å²) in [6, 6.07) is 37.4. The fraction of sp³-hybridized carbons (Fsp3) is 0.456. The van der Waals surface area contributed by atoms with Crippen LogP contribution in [0.3, 0.4) is 0 Å². The molecule has 26 heteroatoms. The summed E-state index contributed by atoms with van der Waals surface area (Å²) in [7, 11) is 5.19. The molecule has 22 atom stereocenters. The standard InChI is InChI=1S/C68H74O26/c1-8-32-80-63-35(2)48(50-44(83-63)33-81-65(90-50)40-24-28-42(76-4)29-25-40)89-68-57(87-60(73)39-22-16-11-17-23-39)55(86-59(72)38-20-14-10-15-21-38)54(56(94-68)62(75)79-7)93-64-36(3)49(51-45(84-64)34-82-66(91-51)41-26-30-43(77-5)31-27-41)88-67-53(85-58(71)37-18-12-9-13-19-37)47(70)46(69)52(92-67)61(74)78-6/h8-31,35-36,44-57,63-70H,1,32-34H2,2-7H3/t35?,36?,44?,45?,46-,47-,48+,49+,50-,51-,52?,53?,54-,55-,56?,57?,63+,64-,65?,66?,67+,68+/m0/s1. The minimum atomic E-state index is -2.03. The van der Waals surface area contributed by atoms with Crippen LogP contribution in [-0.4, -0.2) is 199 Å². The monoisotopic (exact) mass is 1310 g/mol. The maximum atomic E-state index is 14.8. The summed E-state index contributed by atoms with van der Waals surface area (Å²) in [6.45, 7) is 6.98. The van der Waals surface area contributed by atoms with E-state index < -0.39 is 165 Å². The van der Waals surface area contributed by atoms with Crippen molar-refractivity contribution >= 4 is 29.8 Å². The highest BCUT2D eigenvalue weighted by atomic mass is 16.8. The van der Waals surface area contributed by atoms with Gasteiger partial charge in [0.15, 0.2) is 68.3 Å². The third-order valence-electron chi connectivity index (χ3n) is 17.0. The molecule has 6 heterocycles. The fourth-order valence-electron chi connectivity index (χ4n) is 12.0. The quantitative estimate of drug-likeness (QED) is 0.0520. The molecule has 10 unspecified atom stereocenters. The van der Waals surface area contributed by atoms with Gasteiger partial charge in [-0.2, -0.15) is 0 Å². The molecule has 6 fully saturated rings. The minimum absolute atomic E-state index is 0.0248. The van der Waals surface area contributed by atoms with Gasteiger partial charge in [-0.3, -0.25) is 0 Å². The number of fused-ring (bicyclic) bond motifs is 2. The zero-order valence-corrected chi connectivity index (χ0v) is 52.1. The van der Waals surface area contributed by atoms with Crippen molar-refractivity contribution in [3.8, 4) is 11.5 Å². The Morgan fingerprint density at radius 1 is 0.457 bits per heavy atom. The molecule has 0 aromatic heterocycles. The smallest absolute Gasteiger partial charge is 0.338 e. The Hall–Kier alpha value is -7.77. The zero-order valence-electron chi connectivity index (χ0n) is 52.1. The third-order valence-corrected chi connectivity index (χ3v) is 17.0. The van der Waals surface area contributed by atoms with Crippen molar-refractivity contribution in [3.63, 3.8) is 0 Å². The Bertz CT molecular complexity index is 3340. The number of aliphatic hydroxyl groups excluding tert-OH is 2. The highest BCUT2D eigenvalue weighted by Crippen LogP contribution is 2.45. The van der Waals surface area contributed by atoms with E-state index in [0.717, 1.165) is 14.2 Å². The van der Waals surface area contributed by atoms with Crippen molar-refractivity contribution < 1.29 is 124 Å². The van der Waals surface area contributed by atoms with Crippen LogP contribution in [0.4, 0.5) is 0 Å². The normalized spacial score (nSPS) is 33.8. The number of benzene rings is 5. The van der Waals surface area contributed by atoms with E-state index in [1.54, 1.807) is 130 Å². The van der Waals surface area contributed by atoms with E-state index >= 15 is 0 Å². The van der Waals surface area contributed by atoms with E-state index in [0.29, 0.717) is 22.6 Å². The van der Waals surface area contributed by atoms with Crippen LogP contribution in [0.2, 0.25) is 0 Å². The molecule has 94 heavy (non-hydrogen) atoms. The lowest BCUT2D eigenvalue weighted by Crippen LogP contribution is -2.68. The van der Waals surface area contributed by atoms with Crippen LogP contribution in [0.25, 0.3) is 0 Å². The Morgan fingerprint density at radius 2 is 0.862 bits per heavy atom. The predicted molar refractivity (Wildman–Crippen MR) is 320 cm³/mol. The van der Waals surface area contributed by atoms with Gasteiger partial charge in [0.25, 0.3) is 0 Å². The summed E-state index contributed by atoms with van der Waals surface area (Å²) in [5.74, 6) is -5.83. The molecule has 6 aliphatic rings. The Balaban J connectivity index is 0.993. The van der Waals surface area contributed by atoms with Crippen LogP contribution in [0.5, 0.6) is 11.5 Å². The summed E-state index contributed by atoms with van der Waals surface area (Å²) >= 11 is 0. The number of ether oxygens (including phenoxy) is 19. The van der Waals surface area contributed by atoms with Crippen LogP contribution < -0.4 is 9.47 Å². The van der Waals surface area contributed by atoms with Crippen LogP contribution in [0, 0.1) is 11.8 Å². The predicted octanol–water partition coefficient (Wildman–Crippen LogP) is 5.51. The van der Waals surface area contributed by atoms with E-state index in [-0.39, 0.29) is 36.5 Å². The van der Waals surface area contributed by atoms with Gasteiger partial charge < -0.3 is 100 Å². The van der Waals surface area contributed by atoms with Crippen molar-refractivity contribution in [1.29, 1.82) is 0 Å².